The number of allylic oxidation sites excluding steroid dienone is 3. The first-order valence-electron chi connectivity index (χ1n) is 11.2. The molecule has 0 bridgehead atoms. The van der Waals surface area contributed by atoms with Crippen molar-refractivity contribution in [3.05, 3.63) is 127 Å². The van der Waals surface area contributed by atoms with Crippen LogP contribution < -0.4 is 4.90 Å². The van der Waals surface area contributed by atoms with Gasteiger partial charge in [-0.2, -0.15) is 0 Å². The molecule has 0 amide bonds. The lowest BCUT2D eigenvalue weighted by atomic mass is 10.1. The molecule has 4 aromatic carbocycles. The third-order valence-corrected chi connectivity index (χ3v) is 6.27. The van der Waals surface area contributed by atoms with E-state index in [1.54, 1.807) is 0 Å². The summed E-state index contributed by atoms with van der Waals surface area (Å²) in [6.45, 7) is 0.831. The maximum atomic E-state index is 2.41. The van der Waals surface area contributed by atoms with Crippen LogP contribution in [0.4, 0.5) is 11.4 Å². The molecule has 0 unspecified atom stereocenters. The lowest BCUT2D eigenvalue weighted by Gasteiger charge is -2.26. The minimum atomic E-state index is 0.831. The maximum Gasteiger partial charge on any atom is 0.0541 e. The van der Waals surface area contributed by atoms with E-state index >= 15 is 0 Å². The highest BCUT2D eigenvalue weighted by Gasteiger charge is 2.15. The molecule has 2 heteroatoms. The Kier molecular flexibility index (Phi) is 4.62. The molecule has 0 fully saturated rings. The van der Waals surface area contributed by atoms with Crippen LogP contribution in [0.2, 0.25) is 0 Å². The van der Waals surface area contributed by atoms with Crippen LogP contribution in [-0.4, -0.2) is 11.1 Å². The molecule has 6 rings (SSSR count). The molecule has 1 aliphatic heterocycles. The number of benzene rings is 4. The van der Waals surface area contributed by atoms with Crippen molar-refractivity contribution >= 4 is 33.2 Å². The Morgan fingerprint density at radius 1 is 0.562 bits per heavy atom. The Balaban J connectivity index is 1.55. The standard InChI is InChI=1S/C30H24N2/c1-2-10-21-31(28-18-7-4-13-23(28)12-3-1)24-14-11-15-25(22-24)32-29-19-8-5-16-26(29)27-17-6-9-20-30(27)32/h1-11,13-20,22H,12,21H2. The second kappa shape index (κ2) is 7.90. The van der Waals surface area contributed by atoms with Gasteiger partial charge in [0.25, 0.3) is 0 Å². The molecular weight excluding hydrogens is 388 g/mol. The molecule has 0 saturated heterocycles. The predicted octanol–water partition coefficient (Wildman–Crippen LogP) is 7.59. The van der Waals surface area contributed by atoms with Gasteiger partial charge in [0.05, 0.1) is 11.0 Å². The van der Waals surface area contributed by atoms with Gasteiger partial charge in [-0.1, -0.05) is 85.0 Å². The lowest BCUT2D eigenvalue weighted by Crippen LogP contribution is -2.18. The van der Waals surface area contributed by atoms with Gasteiger partial charge in [0, 0.05) is 34.4 Å². The molecule has 32 heavy (non-hydrogen) atoms. The highest BCUT2D eigenvalue weighted by atomic mass is 15.1. The number of fused-ring (bicyclic) bond motifs is 4. The summed E-state index contributed by atoms with van der Waals surface area (Å²) >= 11 is 0. The largest absolute Gasteiger partial charge is 0.337 e. The van der Waals surface area contributed by atoms with Crippen molar-refractivity contribution < 1.29 is 0 Å². The van der Waals surface area contributed by atoms with Gasteiger partial charge in [-0.3, -0.25) is 0 Å². The lowest BCUT2D eigenvalue weighted by molar-refractivity contribution is 1.07. The van der Waals surface area contributed by atoms with E-state index in [0.717, 1.165) is 13.0 Å². The Morgan fingerprint density at radius 3 is 2.03 bits per heavy atom. The fourth-order valence-corrected chi connectivity index (χ4v) is 4.81. The van der Waals surface area contributed by atoms with E-state index in [4.69, 9.17) is 0 Å². The molecule has 154 valence electrons. The monoisotopic (exact) mass is 412 g/mol. The number of anilines is 2. The van der Waals surface area contributed by atoms with Crippen LogP contribution in [-0.2, 0) is 6.42 Å². The first-order chi connectivity index (χ1) is 15.9. The second-order valence-electron chi connectivity index (χ2n) is 8.19. The average molecular weight is 413 g/mol. The van der Waals surface area contributed by atoms with Crippen LogP contribution in [0.3, 0.4) is 0 Å². The quantitative estimate of drug-likeness (QED) is 0.290. The number of hydrogen-bond donors (Lipinski definition) is 0. The highest BCUT2D eigenvalue weighted by Crippen LogP contribution is 2.35. The Morgan fingerprint density at radius 2 is 1.22 bits per heavy atom. The zero-order valence-corrected chi connectivity index (χ0v) is 17.9. The van der Waals surface area contributed by atoms with Crippen molar-refractivity contribution in [1.29, 1.82) is 0 Å². The first kappa shape index (κ1) is 18.7. The van der Waals surface area contributed by atoms with Crippen LogP contribution in [0.5, 0.6) is 0 Å². The third-order valence-electron chi connectivity index (χ3n) is 6.27. The summed E-state index contributed by atoms with van der Waals surface area (Å²) < 4.78 is 2.38. The van der Waals surface area contributed by atoms with Gasteiger partial charge in [0.2, 0.25) is 0 Å². The van der Waals surface area contributed by atoms with E-state index in [0.29, 0.717) is 0 Å². The van der Waals surface area contributed by atoms with Gasteiger partial charge in [-0.25, -0.2) is 0 Å². The molecule has 2 heterocycles. The van der Waals surface area contributed by atoms with Gasteiger partial charge in [0.1, 0.15) is 0 Å². The highest BCUT2D eigenvalue weighted by molar-refractivity contribution is 6.09. The van der Waals surface area contributed by atoms with Gasteiger partial charge in [0.15, 0.2) is 0 Å². The molecule has 0 N–H and O–H groups in total. The number of para-hydroxylation sites is 3. The fraction of sp³-hybridized carbons (Fsp3) is 0.0667. The van der Waals surface area contributed by atoms with Crippen LogP contribution in [0.15, 0.2) is 121 Å². The van der Waals surface area contributed by atoms with Crippen LogP contribution in [0.25, 0.3) is 27.5 Å². The van der Waals surface area contributed by atoms with Crippen molar-refractivity contribution in [1.82, 2.24) is 4.57 Å². The molecular formula is C30H24N2. The normalized spacial score (nSPS) is 13.7. The smallest absolute Gasteiger partial charge is 0.0541 e. The van der Waals surface area contributed by atoms with Gasteiger partial charge in [-0.15, -0.1) is 0 Å². The zero-order valence-electron chi connectivity index (χ0n) is 17.9. The third kappa shape index (κ3) is 3.12. The van der Waals surface area contributed by atoms with Crippen molar-refractivity contribution in [2.45, 2.75) is 6.42 Å². The van der Waals surface area contributed by atoms with E-state index < -0.39 is 0 Å². The van der Waals surface area contributed by atoms with Crippen LogP contribution >= 0.6 is 0 Å². The SMILES string of the molecule is C1=CCc2ccccc2N(c2cccc(-n3c4ccccc4c4ccccc43)c2)CC=C1. The summed E-state index contributed by atoms with van der Waals surface area (Å²) in [5.41, 5.74) is 7.46. The Hall–Kier alpha value is -4.04. The molecule has 0 radical (unpaired) electrons. The van der Waals surface area contributed by atoms with Gasteiger partial charge < -0.3 is 9.47 Å². The van der Waals surface area contributed by atoms with Gasteiger partial charge in [-0.05, 0) is 48.4 Å². The average Bonchev–Trinajstić information content (AvgIpc) is 3.23. The van der Waals surface area contributed by atoms with Crippen molar-refractivity contribution in [2.75, 3.05) is 11.4 Å². The van der Waals surface area contributed by atoms with E-state index in [1.165, 1.54) is 44.4 Å². The minimum absolute atomic E-state index is 0.831. The van der Waals surface area contributed by atoms with Crippen molar-refractivity contribution in [3.63, 3.8) is 0 Å². The van der Waals surface area contributed by atoms with Crippen LogP contribution in [0.1, 0.15) is 5.56 Å². The van der Waals surface area contributed by atoms with Gasteiger partial charge >= 0.3 is 0 Å². The fourth-order valence-electron chi connectivity index (χ4n) is 4.81. The number of aromatic nitrogens is 1. The molecule has 2 nitrogen and oxygen atoms in total. The summed E-state index contributed by atoms with van der Waals surface area (Å²) in [5, 5.41) is 2.58. The predicted molar refractivity (Wildman–Crippen MR) is 136 cm³/mol. The topological polar surface area (TPSA) is 8.17 Å². The minimum Gasteiger partial charge on any atom is -0.337 e. The summed E-state index contributed by atoms with van der Waals surface area (Å²) in [4.78, 5) is 2.41. The van der Waals surface area contributed by atoms with E-state index in [2.05, 4.69) is 131 Å². The number of nitrogens with zero attached hydrogens (tertiary/aromatic N) is 2. The molecule has 1 aliphatic rings. The zero-order chi connectivity index (χ0) is 21.3. The Labute approximate surface area is 188 Å². The molecule has 0 aliphatic carbocycles. The van der Waals surface area contributed by atoms with Crippen molar-refractivity contribution in [2.24, 2.45) is 0 Å². The number of hydrogen-bond acceptors (Lipinski definition) is 1. The summed E-state index contributed by atoms with van der Waals surface area (Å²) in [6.07, 6.45) is 9.69. The molecule has 0 spiro atoms. The van der Waals surface area contributed by atoms with Crippen LogP contribution in [0, 0.1) is 0 Å². The molecule has 0 atom stereocenters. The summed E-state index contributed by atoms with van der Waals surface area (Å²) in [5.74, 6) is 0. The first-order valence-corrected chi connectivity index (χ1v) is 11.2. The van der Waals surface area contributed by atoms with E-state index in [9.17, 15) is 0 Å². The Bertz CT molecular complexity index is 1430. The maximum absolute atomic E-state index is 2.41. The summed E-state index contributed by atoms with van der Waals surface area (Å²) in [6, 6.07) is 35.0. The summed E-state index contributed by atoms with van der Waals surface area (Å²) in [7, 11) is 0. The number of rotatable bonds is 2. The van der Waals surface area contributed by atoms with E-state index in [1.807, 2.05) is 0 Å². The van der Waals surface area contributed by atoms with E-state index in [-0.39, 0.29) is 0 Å². The second-order valence-corrected chi connectivity index (χ2v) is 8.19. The molecule has 5 aromatic rings. The molecule has 0 saturated carbocycles. The van der Waals surface area contributed by atoms with Crippen molar-refractivity contribution in [3.8, 4) is 5.69 Å². The molecule has 1 aromatic heterocycles.